The van der Waals surface area contributed by atoms with Gasteiger partial charge in [-0.15, -0.1) is 0 Å². The fourth-order valence-corrected chi connectivity index (χ4v) is 3.06. The van der Waals surface area contributed by atoms with E-state index in [-0.39, 0.29) is 0 Å². The van der Waals surface area contributed by atoms with E-state index in [1.807, 2.05) is 37.3 Å². The van der Waals surface area contributed by atoms with Gasteiger partial charge in [0.25, 0.3) is 0 Å². The average Bonchev–Trinajstić information content (AvgIpc) is 2.30. The van der Waals surface area contributed by atoms with Gasteiger partial charge in [0.05, 0.1) is 6.07 Å². The fraction of sp³-hybridized carbons (Fsp3) is 0.462. The van der Waals surface area contributed by atoms with Crippen LogP contribution in [0.2, 0.25) is 0 Å². The van der Waals surface area contributed by atoms with E-state index in [0.29, 0.717) is 13.0 Å². The highest BCUT2D eigenvalue weighted by molar-refractivity contribution is 7.89. The molecule has 0 saturated carbocycles. The van der Waals surface area contributed by atoms with Gasteiger partial charge in [-0.2, -0.15) is 9.57 Å². The number of hydrogen-bond donors (Lipinski definition) is 0. The number of aryl methyl sites for hydroxylation is 1. The van der Waals surface area contributed by atoms with Crippen molar-refractivity contribution in [2.24, 2.45) is 0 Å². The van der Waals surface area contributed by atoms with Crippen LogP contribution in [-0.4, -0.2) is 25.0 Å². The topological polar surface area (TPSA) is 61.2 Å². The lowest BCUT2D eigenvalue weighted by atomic mass is 10.1. The Morgan fingerprint density at radius 2 is 2.11 bits per heavy atom. The van der Waals surface area contributed by atoms with Gasteiger partial charge in [0.1, 0.15) is 0 Å². The van der Waals surface area contributed by atoms with Gasteiger partial charge in [0.15, 0.2) is 5.25 Å². The van der Waals surface area contributed by atoms with Gasteiger partial charge in [-0.25, -0.2) is 8.42 Å². The van der Waals surface area contributed by atoms with E-state index >= 15 is 0 Å². The molecule has 0 aromatic heterocycles. The zero-order chi connectivity index (χ0) is 13.8. The summed E-state index contributed by atoms with van der Waals surface area (Å²) in [7, 11) is -2.03. The first-order valence-electron chi connectivity index (χ1n) is 5.82. The summed E-state index contributed by atoms with van der Waals surface area (Å²) in [6.45, 7) is 3.95. The lowest BCUT2D eigenvalue weighted by Crippen LogP contribution is -2.34. The third-order valence-corrected chi connectivity index (χ3v) is 4.95. The van der Waals surface area contributed by atoms with Gasteiger partial charge in [-0.3, -0.25) is 0 Å². The summed E-state index contributed by atoms with van der Waals surface area (Å²) < 4.78 is 25.4. The molecule has 0 aliphatic carbocycles. The second-order valence-electron chi connectivity index (χ2n) is 4.32. The Kier molecular flexibility index (Phi) is 4.88. The zero-order valence-electron chi connectivity index (χ0n) is 10.9. The summed E-state index contributed by atoms with van der Waals surface area (Å²) in [5.74, 6) is 0. The summed E-state index contributed by atoms with van der Waals surface area (Å²) >= 11 is 0. The molecule has 98 valence electrons. The molecule has 1 rings (SSSR count). The maximum Gasteiger partial charge on any atom is 0.230 e. The van der Waals surface area contributed by atoms with Crippen molar-refractivity contribution in [2.75, 3.05) is 7.05 Å². The van der Waals surface area contributed by atoms with Crippen molar-refractivity contribution in [3.8, 4) is 6.07 Å². The Morgan fingerprint density at radius 1 is 1.44 bits per heavy atom. The van der Waals surface area contributed by atoms with Crippen molar-refractivity contribution in [1.82, 2.24) is 4.31 Å². The second kappa shape index (κ2) is 5.98. The predicted molar refractivity (Wildman–Crippen MR) is 71.3 cm³/mol. The highest BCUT2D eigenvalue weighted by Crippen LogP contribution is 2.14. The van der Waals surface area contributed by atoms with Crippen LogP contribution >= 0.6 is 0 Å². The van der Waals surface area contributed by atoms with Gasteiger partial charge in [-0.05, 0) is 18.9 Å². The quantitative estimate of drug-likeness (QED) is 0.819. The smallest absolute Gasteiger partial charge is 0.211 e. The molecule has 1 aromatic carbocycles. The van der Waals surface area contributed by atoms with Crippen LogP contribution in [-0.2, 0) is 16.6 Å². The molecule has 0 aliphatic rings. The number of hydrogen-bond acceptors (Lipinski definition) is 3. The number of rotatable bonds is 5. The molecule has 1 unspecified atom stereocenters. The molecule has 0 radical (unpaired) electrons. The summed E-state index contributed by atoms with van der Waals surface area (Å²) in [6.07, 6.45) is 0.303. The van der Waals surface area contributed by atoms with Gasteiger partial charge >= 0.3 is 0 Å². The molecule has 4 nitrogen and oxygen atoms in total. The lowest BCUT2D eigenvalue weighted by Gasteiger charge is -2.19. The molecule has 18 heavy (non-hydrogen) atoms. The Balaban J connectivity index is 2.89. The average molecular weight is 266 g/mol. The summed E-state index contributed by atoms with van der Waals surface area (Å²) in [5, 5.41) is 7.90. The minimum atomic E-state index is -3.54. The predicted octanol–water partition coefficient (Wildman–Crippen LogP) is 2.06. The van der Waals surface area contributed by atoms with Crippen molar-refractivity contribution >= 4 is 10.0 Å². The standard InChI is InChI=1S/C13H18N2O2S/c1-4-13(9-14)18(16,17)15(3)10-12-7-5-6-11(2)8-12/h5-8,13H,4,10H2,1-3H3. The molecular weight excluding hydrogens is 248 g/mol. The lowest BCUT2D eigenvalue weighted by molar-refractivity contribution is 0.460. The van der Waals surface area contributed by atoms with Gasteiger partial charge in [-0.1, -0.05) is 36.8 Å². The van der Waals surface area contributed by atoms with Crippen molar-refractivity contribution in [2.45, 2.75) is 32.1 Å². The van der Waals surface area contributed by atoms with Crippen molar-refractivity contribution in [3.05, 3.63) is 35.4 Å². The van der Waals surface area contributed by atoms with Crippen LogP contribution in [0.1, 0.15) is 24.5 Å². The van der Waals surface area contributed by atoms with Crippen LogP contribution in [0.3, 0.4) is 0 Å². The van der Waals surface area contributed by atoms with E-state index in [0.717, 1.165) is 11.1 Å². The van der Waals surface area contributed by atoms with Gasteiger partial charge in [0.2, 0.25) is 10.0 Å². The monoisotopic (exact) mass is 266 g/mol. The summed E-state index contributed by atoms with van der Waals surface area (Å²) in [6, 6.07) is 9.52. The molecule has 1 atom stereocenters. The molecule has 0 spiro atoms. The fourth-order valence-electron chi connectivity index (χ4n) is 1.74. The maximum absolute atomic E-state index is 12.1. The summed E-state index contributed by atoms with van der Waals surface area (Å²) in [5.41, 5.74) is 2.01. The molecular formula is C13H18N2O2S. The third kappa shape index (κ3) is 3.31. The van der Waals surface area contributed by atoms with E-state index in [4.69, 9.17) is 5.26 Å². The van der Waals surface area contributed by atoms with Gasteiger partial charge < -0.3 is 0 Å². The van der Waals surface area contributed by atoms with E-state index in [9.17, 15) is 8.42 Å². The van der Waals surface area contributed by atoms with Crippen LogP contribution in [0.5, 0.6) is 0 Å². The van der Waals surface area contributed by atoms with Crippen LogP contribution in [0.25, 0.3) is 0 Å². The number of nitriles is 1. The van der Waals surface area contributed by atoms with Crippen molar-refractivity contribution in [1.29, 1.82) is 5.26 Å². The van der Waals surface area contributed by atoms with E-state index in [1.54, 1.807) is 6.92 Å². The first kappa shape index (κ1) is 14.7. The molecule has 5 heteroatoms. The number of benzene rings is 1. The normalized spacial score (nSPS) is 13.3. The molecule has 1 aromatic rings. The summed E-state index contributed by atoms with van der Waals surface area (Å²) in [4.78, 5) is 0. The van der Waals surface area contributed by atoms with Crippen molar-refractivity contribution in [3.63, 3.8) is 0 Å². The number of nitrogens with zero attached hydrogens (tertiary/aromatic N) is 2. The Hall–Kier alpha value is -1.38. The largest absolute Gasteiger partial charge is 0.230 e. The van der Waals surface area contributed by atoms with Crippen molar-refractivity contribution < 1.29 is 8.42 Å². The molecule has 0 N–H and O–H groups in total. The highest BCUT2D eigenvalue weighted by Gasteiger charge is 2.28. The van der Waals surface area contributed by atoms with Gasteiger partial charge in [0, 0.05) is 13.6 Å². The zero-order valence-corrected chi connectivity index (χ0v) is 11.7. The minimum absolute atomic E-state index is 0.294. The highest BCUT2D eigenvalue weighted by atomic mass is 32.2. The second-order valence-corrected chi connectivity index (χ2v) is 6.54. The maximum atomic E-state index is 12.1. The van der Waals surface area contributed by atoms with E-state index in [1.165, 1.54) is 11.4 Å². The van der Waals surface area contributed by atoms with Crippen LogP contribution in [0, 0.1) is 18.3 Å². The van der Waals surface area contributed by atoms with E-state index < -0.39 is 15.3 Å². The SMILES string of the molecule is CCC(C#N)S(=O)(=O)N(C)Cc1cccc(C)c1. The Bertz CT molecular complexity index is 546. The molecule has 0 saturated heterocycles. The van der Waals surface area contributed by atoms with Crippen LogP contribution in [0.4, 0.5) is 0 Å². The van der Waals surface area contributed by atoms with Crippen LogP contribution in [0.15, 0.2) is 24.3 Å². The molecule has 0 fully saturated rings. The third-order valence-electron chi connectivity index (χ3n) is 2.80. The molecule has 0 heterocycles. The first-order chi connectivity index (χ1) is 8.41. The minimum Gasteiger partial charge on any atom is -0.211 e. The first-order valence-corrected chi connectivity index (χ1v) is 7.32. The molecule has 0 aliphatic heterocycles. The number of sulfonamides is 1. The van der Waals surface area contributed by atoms with E-state index in [2.05, 4.69) is 0 Å². The molecule has 0 bridgehead atoms. The van der Waals surface area contributed by atoms with Crippen LogP contribution < -0.4 is 0 Å². The Morgan fingerprint density at radius 3 is 2.61 bits per heavy atom. The molecule has 0 amide bonds. The Labute approximate surface area is 109 Å².